The van der Waals surface area contributed by atoms with Crippen molar-refractivity contribution in [1.82, 2.24) is 0 Å². The second-order valence-electron chi connectivity index (χ2n) is 10.1. The van der Waals surface area contributed by atoms with Gasteiger partial charge in [-0.2, -0.15) is 0 Å². The van der Waals surface area contributed by atoms with Gasteiger partial charge in [0.15, 0.2) is 0 Å². The van der Waals surface area contributed by atoms with Crippen LogP contribution in [0.15, 0.2) is 155 Å². The minimum absolute atomic E-state index is 0. The summed E-state index contributed by atoms with van der Waals surface area (Å²) in [5, 5.41) is 0. The molecule has 0 atom stereocenters. The van der Waals surface area contributed by atoms with Gasteiger partial charge in [0.25, 0.3) is 0 Å². The molecule has 0 aliphatic carbocycles. The van der Waals surface area contributed by atoms with Crippen molar-refractivity contribution in [2.75, 3.05) is 0 Å². The van der Waals surface area contributed by atoms with Gasteiger partial charge in [-0.05, 0) is 56.1 Å². The molecule has 6 rings (SSSR count). The first-order valence-electron chi connectivity index (χ1n) is 13.6. The van der Waals surface area contributed by atoms with Crippen molar-refractivity contribution in [2.24, 2.45) is 0 Å². The van der Waals surface area contributed by atoms with Crippen LogP contribution in [-0.4, -0.2) is 25.9 Å². The molecule has 0 aliphatic heterocycles. The summed E-state index contributed by atoms with van der Waals surface area (Å²) in [5.74, 6) is 0. The third-order valence-corrected chi connectivity index (χ3v) is 9.40. The maximum absolute atomic E-state index is 12.4. The Kier molecular flexibility index (Phi) is 11.7. The van der Waals surface area contributed by atoms with E-state index in [4.69, 9.17) is 0 Å². The molecule has 0 saturated heterocycles. The van der Waals surface area contributed by atoms with E-state index in [1.165, 1.54) is 12.1 Å². The molecule has 0 radical (unpaired) electrons. The van der Waals surface area contributed by atoms with Gasteiger partial charge in [-0.15, -0.1) is 0 Å². The predicted molar refractivity (Wildman–Crippen MR) is 170 cm³/mol. The molecular weight excluding hydrogens is 639 g/mol. The standard InChI is InChI=1S/C36H26O6S2.2Na/c37-43(38,39)35-24-12-23-34(36(35)44(40,41)42)33-22-11-10-21-32(33)31-20-9-8-19-30(31)29-18-7-6-17-28(29)27-16-5-4-15-26(27)25-13-2-1-3-14-25;;/h1-24H,(H,37,38,39)(H,40,41,42);;/q;2*+1/p-2. The molecule has 6 nitrogen and oxygen atoms in total. The number of hydrogen-bond donors (Lipinski definition) is 0. The molecule has 46 heavy (non-hydrogen) atoms. The van der Waals surface area contributed by atoms with Crippen LogP contribution in [0, 0.1) is 0 Å². The summed E-state index contributed by atoms with van der Waals surface area (Å²) in [4.78, 5) is -2.13. The van der Waals surface area contributed by atoms with E-state index in [-0.39, 0.29) is 64.7 Å². The third kappa shape index (κ3) is 7.32. The normalized spacial score (nSPS) is 11.3. The van der Waals surface area contributed by atoms with Crippen molar-refractivity contribution in [1.29, 1.82) is 0 Å². The van der Waals surface area contributed by atoms with E-state index in [0.29, 0.717) is 11.1 Å². The number of rotatable bonds is 7. The Hall–Kier alpha value is -2.86. The van der Waals surface area contributed by atoms with Crippen molar-refractivity contribution < 1.29 is 85.1 Å². The van der Waals surface area contributed by atoms with Crippen molar-refractivity contribution >= 4 is 20.2 Å². The molecule has 0 heterocycles. The molecule has 0 bridgehead atoms. The Labute approximate surface area is 313 Å². The van der Waals surface area contributed by atoms with Crippen molar-refractivity contribution in [3.05, 3.63) is 146 Å². The fraction of sp³-hybridized carbons (Fsp3) is 0. The number of benzene rings is 6. The largest absolute Gasteiger partial charge is 1.00 e. The second kappa shape index (κ2) is 14.9. The van der Waals surface area contributed by atoms with Crippen LogP contribution in [0.5, 0.6) is 0 Å². The van der Waals surface area contributed by atoms with Gasteiger partial charge in [0, 0.05) is 5.56 Å². The molecule has 0 unspecified atom stereocenters. The van der Waals surface area contributed by atoms with Gasteiger partial charge in [-0.1, -0.05) is 140 Å². The van der Waals surface area contributed by atoms with Crippen LogP contribution in [0.25, 0.3) is 55.6 Å². The molecular formula is C36H24Na2O6S2. The van der Waals surface area contributed by atoms with Gasteiger partial charge in [-0.25, -0.2) is 16.8 Å². The molecule has 10 heteroatoms. The Morgan fingerprint density at radius 2 is 0.630 bits per heavy atom. The van der Waals surface area contributed by atoms with Crippen LogP contribution in [0.2, 0.25) is 0 Å². The summed E-state index contributed by atoms with van der Waals surface area (Å²) < 4.78 is 73.3. The summed E-state index contributed by atoms with van der Waals surface area (Å²) in [5.41, 5.74) is 7.26. The van der Waals surface area contributed by atoms with Crippen LogP contribution in [-0.2, 0) is 20.2 Å². The van der Waals surface area contributed by atoms with E-state index in [2.05, 4.69) is 24.3 Å². The van der Waals surface area contributed by atoms with Crippen LogP contribution < -0.4 is 59.1 Å². The minimum atomic E-state index is -5.36. The first-order chi connectivity index (χ1) is 21.1. The van der Waals surface area contributed by atoms with E-state index in [1.54, 1.807) is 24.3 Å². The van der Waals surface area contributed by atoms with Crippen LogP contribution in [0.1, 0.15) is 0 Å². The second-order valence-corrected chi connectivity index (χ2v) is 12.8. The minimum Gasteiger partial charge on any atom is -0.744 e. The van der Waals surface area contributed by atoms with Crippen molar-refractivity contribution in [3.8, 4) is 55.6 Å². The fourth-order valence-corrected chi connectivity index (χ4v) is 7.59. The quantitative estimate of drug-likeness (QED) is 0.191. The molecule has 0 amide bonds. The van der Waals surface area contributed by atoms with Gasteiger partial charge < -0.3 is 9.11 Å². The van der Waals surface area contributed by atoms with E-state index < -0.39 is 30.0 Å². The maximum atomic E-state index is 12.4. The zero-order valence-corrected chi connectivity index (χ0v) is 30.8. The summed E-state index contributed by atoms with van der Waals surface area (Å²) in [6, 6.07) is 44.0. The Morgan fingerprint density at radius 3 is 1.00 bits per heavy atom. The molecule has 0 aromatic heterocycles. The van der Waals surface area contributed by atoms with Gasteiger partial charge in [0.2, 0.25) is 0 Å². The molecule has 0 N–H and O–H groups in total. The third-order valence-electron chi connectivity index (χ3n) is 7.45. The summed E-state index contributed by atoms with van der Waals surface area (Å²) in [6.07, 6.45) is 0. The first-order valence-corrected chi connectivity index (χ1v) is 16.4. The fourth-order valence-electron chi connectivity index (χ4n) is 5.63. The Bertz CT molecular complexity index is 2240. The first kappa shape index (κ1) is 36.0. The predicted octanol–water partition coefficient (Wildman–Crippen LogP) is 1.84. The zero-order chi connectivity index (χ0) is 30.9. The van der Waals surface area contributed by atoms with E-state index in [1.807, 2.05) is 78.9 Å². The summed E-state index contributed by atoms with van der Waals surface area (Å²) >= 11 is 0. The molecule has 0 spiro atoms. The monoisotopic (exact) mass is 662 g/mol. The molecule has 0 aliphatic rings. The Morgan fingerprint density at radius 1 is 0.326 bits per heavy atom. The molecule has 0 fully saturated rings. The van der Waals surface area contributed by atoms with Crippen LogP contribution in [0.3, 0.4) is 0 Å². The summed E-state index contributed by atoms with van der Waals surface area (Å²) in [6.45, 7) is 0. The van der Waals surface area contributed by atoms with E-state index in [9.17, 15) is 25.9 Å². The zero-order valence-electron chi connectivity index (χ0n) is 25.1. The van der Waals surface area contributed by atoms with Gasteiger partial charge in [0.1, 0.15) is 20.2 Å². The average molecular weight is 663 g/mol. The maximum Gasteiger partial charge on any atom is 1.00 e. The Balaban J connectivity index is 0.00000240. The molecule has 6 aromatic carbocycles. The van der Waals surface area contributed by atoms with Gasteiger partial charge in [0.05, 0.1) is 9.79 Å². The summed E-state index contributed by atoms with van der Waals surface area (Å²) in [7, 11) is -10.6. The molecule has 218 valence electrons. The van der Waals surface area contributed by atoms with Crippen molar-refractivity contribution in [3.63, 3.8) is 0 Å². The van der Waals surface area contributed by atoms with Crippen molar-refractivity contribution in [2.45, 2.75) is 9.79 Å². The van der Waals surface area contributed by atoms with E-state index >= 15 is 0 Å². The molecule has 0 saturated carbocycles. The smallest absolute Gasteiger partial charge is 0.744 e. The van der Waals surface area contributed by atoms with E-state index in [0.717, 1.165) is 45.0 Å². The van der Waals surface area contributed by atoms with Crippen LogP contribution in [0.4, 0.5) is 0 Å². The molecule has 6 aromatic rings. The SMILES string of the molecule is O=S(=O)([O-])c1cccc(-c2ccccc2-c2ccccc2-c2ccccc2-c2ccccc2-c2ccccc2)c1S(=O)(=O)[O-].[Na+].[Na+]. The topological polar surface area (TPSA) is 114 Å². The van der Waals surface area contributed by atoms with Gasteiger partial charge >= 0.3 is 59.1 Å². The van der Waals surface area contributed by atoms with Gasteiger partial charge in [-0.3, -0.25) is 0 Å². The number of hydrogen-bond acceptors (Lipinski definition) is 6. The average Bonchev–Trinajstić information content (AvgIpc) is 3.04. The van der Waals surface area contributed by atoms with Crippen LogP contribution >= 0.6 is 0 Å².